The van der Waals surface area contributed by atoms with Crippen LogP contribution in [0.3, 0.4) is 0 Å². The molecule has 2 nitrogen and oxygen atoms in total. The smallest absolute Gasteiger partial charge is 0.168 e. The molecule has 1 aromatic rings. The zero-order chi connectivity index (χ0) is 12.6. The van der Waals surface area contributed by atoms with Crippen LogP contribution in [0.4, 0.5) is 0 Å². The monoisotopic (exact) mass is 334 g/mol. The quantitative estimate of drug-likeness (QED) is 0.732. The Hall–Kier alpha value is 0.244. The van der Waals surface area contributed by atoms with Crippen LogP contribution in [0.25, 0.3) is 0 Å². The Morgan fingerprint density at radius 3 is 2.11 bits per heavy atom. The van der Waals surface area contributed by atoms with E-state index in [0.717, 1.165) is 26.1 Å². The van der Waals surface area contributed by atoms with Gasteiger partial charge in [0, 0.05) is 45.6 Å². The van der Waals surface area contributed by atoms with Crippen LogP contribution in [-0.4, -0.2) is 19.0 Å². The molecule has 1 aliphatic carbocycles. The van der Waals surface area contributed by atoms with Gasteiger partial charge in [-0.05, 0) is 18.8 Å². The van der Waals surface area contributed by atoms with E-state index < -0.39 is 0 Å². The molecule has 1 saturated carbocycles. The second-order valence-electron chi connectivity index (χ2n) is 5.66. The predicted molar refractivity (Wildman–Crippen MR) is 70.6 cm³/mol. The molecule has 0 atom stereocenters. The van der Waals surface area contributed by atoms with Gasteiger partial charge >= 0.3 is 0 Å². The first kappa shape index (κ1) is 15.6. The molecule has 1 radical (unpaired) electrons. The Morgan fingerprint density at radius 2 is 1.58 bits per heavy atom. The Labute approximate surface area is 141 Å². The minimum Gasteiger partial charge on any atom is -0.348 e. The van der Waals surface area contributed by atoms with Gasteiger partial charge in [-0.2, -0.15) is 34.9 Å². The summed E-state index contributed by atoms with van der Waals surface area (Å²) in [6.07, 6.45) is 4.41. The first-order chi connectivity index (χ1) is 8.67. The van der Waals surface area contributed by atoms with E-state index in [1.807, 2.05) is 0 Å². The van der Waals surface area contributed by atoms with E-state index in [2.05, 4.69) is 32.0 Å². The largest absolute Gasteiger partial charge is 0.348 e. The van der Waals surface area contributed by atoms with Crippen LogP contribution in [-0.2, 0) is 42.2 Å². The molecular formula is C16H21O2Y-. The van der Waals surface area contributed by atoms with Crippen molar-refractivity contribution in [1.29, 1.82) is 0 Å². The number of hydrogen-bond acceptors (Lipinski definition) is 2. The summed E-state index contributed by atoms with van der Waals surface area (Å²) in [5.41, 5.74) is 3.97. The third-order valence-corrected chi connectivity index (χ3v) is 4.19. The summed E-state index contributed by atoms with van der Waals surface area (Å²) in [6.45, 7) is 5.79. The van der Waals surface area contributed by atoms with Crippen LogP contribution >= 0.6 is 0 Å². The van der Waals surface area contributed by atoms with Crippen molar-refractivity contribution in [3.8, 4) is 0 Å². The van der Waals surface area contributed by atoms with Crippen LogP contribution in [0.5, 0.6) is 0 Å². The van der Waals surface area contributed by atoms with Crippen LogP contribution < -0.4 is 0 Å². The minimum atomic E-state index is -0.235. The Morgan fingerprint density at radius 1 is 1.05 bits per heavy atom. The summed E-state index contributed by atoms with van der Waals surface area (Å²) in [4.78, 5) is 0. The average molecular weight is 334 g/mol. The maximum absolute atomic E-state index is 5.78. The van der Waals surface area contributed by atoms with E-state index >= 15 is 0 Å². The third kappa shape index (κ3) is 3.47. The molecule has 3 rings (SSSR count). The predicted octanol–water partition coefficient (Wildman–Crippen LogP) is 3.50. The molecule has 2 aliphatic rings. The van der Waals surface area contributed by atoms with E-state index in [4.69, 9.17) is 9.47 Å². The zero-order valence-corrected chi connectivity index (χ0v) is 14.7. The molecule has 1 saturated heterocycles. The Kier molecular flexibility index (Phi) is 5.22. The fourth-order valence-corrected chi connectivity index (χ4v) is 3.34. The summed E-state index contributed by atoms with van der Waals surface area (Å²) in [6, 6.07) is 7.92. The SMILES string of the molecule is Cc1[c-]c(C)cc(C2CCC3(CC2)OCCO3)c1.[Y]. The number of rotatable bonds is 1. The van der Waals surface area contributed by atoms with Gasteiger partial charge in [0.05, 0.1) is 13.2 Å². The maximum atomic E-state index is 5.78. The maximum Gasteiger partial charge on any atom is 0.168 e. The number of hydrogen-bond donors (Lipinski definition) is 0. The van der Waals surface area contributed by atoms with E-state index in [1.54, 1.807) is 0 Å². The van der Waals surface area contributed by atoms with Gasteiger partial charge in [-0.15, -0.1) is 0 Å². The first-order valence-corrected chi connectivity index (χ1v) is 6.95. The molecule has 0 bridgehead atoms. The summed E-state index contributed by atoms with van der Waals surface area (Å²) < 4.78 is 11.6. The van der Waals surface area contributed by atoms with Crippen molar-refractivity contribution in [2.45, 2.75) is 51.2 Å². The van der Waals surface area contributed by atoms with E-state index in [1.165, 1.54) is 29.5 Å². The van der Waals surface area contributed by atoms with Crippen molar-refractivity contribution in [1.82, 2.24) is 0 Å². The molecule has 1 aliphatic heterocycles. The van der Waals surface area contributed by atoms with Crippen LogP contribution in [0, 0.1) is 19.9 Å². The van der Waals surface area contributed by atoms with Gasteiger partial charge < -0.3 is 9.47 Å². The van der Waals surface area contributed by atoms with Crippen molar-refractivity contribution >= 4 is 0 Å². The van der Waals surface area contributed by atoms with Crippen molar-refractivity contribution in [3.63, 3.8) is 0 Å². The Bertz CT molecular complexity index is 408. The topological polar surface area (TPSA) is 18.5 Å². The van der Waals surface area contributed by atoms with Crippen LogP contribution in [0.2, 0.25) is 0 Å². The first-order valence-electron chi connectivity index (χ1n) is 6.95. The van der Waals surface area contributed by atoms with Gasteiger partial charge in [0.15, 0.2) is 5.79 Å². The molecule has 0 unspecified atom stereocenters. The fraction of sp³-hybridized carbons (Fsp3) is 0.625. The standard InChI is InChI=1S/C16H21O2.Y/c1-12-9-13(2)11-15(10-12)14-3-5-16(6-4-14)17-7-8-18-16;/h10-11,14H,3-8H2,1-2H3;/q-1;. The van der Waals surface area contributed by atoms with Crippen LogP contribution in [0.1, 0.15) is 48.3 Å². The third-order valence-electron chi connectivity index (χ3n) is 4.19. The number of ether oxygens (including phenoxy) is 2. The van der Waals surface area contributed by atoms with Gasteiger partial charge in [0.1, 0.15) is 0 Å². The molecule has 0 N–H and O–H groups in total. The second kappa shape index (κ2) is 6.34. The summed E-state index contributed by atoms with van der Waals surface area (Å²) in [5, 5.41) is 0. The molecule has 0 aromatic heterocycles. The van der Waals surface area contributed by atoms with E-state index in [0.29, 0.717) is 5.92 Å². The van der Waals surface area contributed by atoms with Gasteiger partial charge in [-0.3, -0.25) is 0 Å². The van der Waals surface area contributed by atoms with Crippen molar-refractivity contribution in [3.05, 3.63) is 34.9 Å². The van der Waals surface area contributed by atoms with Crippen molar-refractivity contribution in [2.24, 2.45) is 0 Å². The second-order valence-corrected chi connectivity index (χ2v) is 5.66. The summed E-state index contributed by atoms with van der Waals surface area (Å²) in [5.74, 6) is 0.428. The molecule has 3 heteroatoms. The molecule has 1 spiro atoms. The molecule has 1 aromatic carbocycles. The summed E-state index contributed by atoms with van der Waals surface area (Å²) >= 11 is 0. The van der Waals surface area contributed by atoms with Crippen molar-refractivity contribution in [2.75, 3.05) is 13.2 Å². The number of aryl methyl sites for hydroxylation is 2. The summed E-state index contributed by atoms with van der Waals surface area (Å²) in [7, 11) is 0. The molecule has 101 valence electrons. The Balaban J connectivity index is 0.00000133. The van der Waals surface area contributed by atoms with Gasteiger partial charge in [0.25, 0.3) is 0 Å². The van der Waals surface area contributed by atoms with E-state index in [-0.39, 0.29) is 38.5 Å². The van der Waals surface area contributed by atoms with Gasteiger partial charge in [-0.25, -0.2) is 0 Å². The average Bonchev–Trinajstić information content (AvgIpc) is 2.77. The molecule has 1 heterocycles. The molecular weight excluding hydrogens is 313 g/mol. The van der Waals surface area contributed by atoms with Crippen molar-refractivity contribution < 1.29 is 42.2 Å². The number of benzene rings is 1. The fourth-order valence-electron chi connectivity index (χ4n) is 3.34. The zero-order valence-electron chi connectivity index (χ0n) is 11.9. The van der Waals surface area contributed by atoms with Gasteiger partial charge in [0.2, 0.25) is 0 Å². The van der Waals surface area contributed by atoms with E-state index in [9.17, 15) is 0 Å². The molecule has 2 fully saturated rings. The molecule has 19 heavy (non-hydrogen) atoms. The van der Waals surface area contributed by atoms with Gasteiger partial charge in [-0.1, -0.05) is 13.8 Å². The normalized spacial score (nSPS) is 22.4. The van der Waals surface area contributed by atoms with Crippen LogP contribution in [0.15, 0.2) is 12.1 Å². The minimum absolute atomic E-state index is 0. The molecule has 0 amide bonds.